The van der Waals surface area contributed by atoms with Gasteiger partial charge in [-0.3, -0.25) is 0 Å². The summed E-state index contributed by atoms with van der Waals surface area (Å²) < 4.78 is 38.2. The van der Waals surface area contributed by atoms with Crippen LogP contribution in [-0.4, -0.2) is 11.7 Å². The molecule has 2 nitrogen and oxygen atoms in total. The lowest BCUT2D eigenvalue weighted by Gasteiger charge is -2.10. The summed E-state index contributed by atoms with van der Waals surface area (Å²) in [5.41, 5.74) is 4.87. The Morgan fingerprint density at radius 1 is 1.14 bits per heavy atom. The van der Waals surface area contributed by atoms with Gasteiger partial charge in [-0.2, -0.15) is 0 Å². The lowest BCUT2D eigenvalue weighted by atomic mass is 10.1. The van der Waals surface area contributed by atoms with Gasteiger partial charge >= 0.3 is 0 Å². The first-order chi connectivity index (χ1) is 6.56. The van der Waals surface area contributed by atoms with Crippen molar-refractivity contribution in [2.24, 2.45) is 5.73 Å². The molecule has 1 rings (SSSR count). The van der Waals surface area contributed by atoms with Crippen molar-refractivity contribution in [3.63, 3.8) is 0 Å². The molecular weight excluding hydrogens is 195 g/mol. The van der Waals surface area contributed by atoms with Crippen LogP contribution in [0.25, 0.3) is 0 Å². The summed E-state index contributed by atoms with van der Waals surface area (Å²) in [6.45, 7) is 0.138. The first-order valence-corrected chi connectivity index (χ1v) is 4.09. The summed E-state index contributed by atoms with van der Waals surface area (Å²) in [6.07, 6.45) is -1.10. The second-order valence-electron chi connectivity index (χ2n) is 2.88. The number of aliphatic hydroxyl groups is 1. The van der Waals surface area contributed by atoms with E-state index in [9.17, 15) is 18.3 Å². The Balaban J connectivity index is 3.02. The molecule has 0 aliphatic heterocycles. The smallest absolute Gasteiger partial charge is 0.161 e. The number of halogens is 3. The predicted octanol–water partition coefficient (Wildman–Crippen LogP) is 1.49. The molecule has 0 saturated carbocycles. The molecule has 14 heavy (non-hydrogen) atoms. The molecule has 1 aromatic rings. The monoisotopic (exact) mass is 205 g/mol. The van der Waals surface area contributed by atoms with E-state index in [1.165, 1.54) is 0 Å². The molecule has 1 aromatic carbocycles. The third-order valence-corrected chi connectivity index (χ3v) is 1.84. The van der Waals surface area contributed by atoms with Gasteiger partial charge in [0.25, 0.3) is 0 Å². The van der Waals surface area contributed by atoms with Gasteiger partial charge in [0, 0.05) is 11.6 Å². The molecule has 78 valence electrons. The predicted molar refractivity (Wildman–Crippen MR) is 44.9 cm³/mol. The maximum Gasteiger partial charge on any atom is 0.161 e. The maximum atomic E-state index is 13.0. The summed E-state index contributed by atoms with van der Waals surface area (Å²) >= 11 is 0. The zero-order chi connectivity index (χ0) is 10.7. The summed E-state index contributed by atoms with van der Waals surface area (Å²) in [4.78, 5) is 0. The first-order valence-electron chi connectivity index (χ1n) is 4.09. The number of nitrogens with two attached hydrogens (primary N) is 1. The van der Waals surface area contributed by atoms with Crippen molar-refractivity contribution in [2.45, 2.75) is 12.5 Å². The van der Waals surface area contributed by atoms with Crippen LogP contribution in [-0.2, 0) is 0 Å². The van der Waals surface area contributed by atoms with Crippen LogP contribution < -0.4 is 5.73 Å². The van der Waals surface area contributed by atoms with Crippen LogP contribution in [0.15, 0.2) is 12.1 Å². The number of hydrogen-bond acceptors (Lipinski definition) is 2. The van der Waals surface area contributed by atoms with Crippen molar-refractivity contribution in [3.8, 4) is 0 Å². The topological polar surface area (TPSA) is 46.2 Å². The minimum absolute atomic E-state index is 0.0992. The lowest BCUT2D eigenvalue weighted by Crippen LogP contribution is -2.09. The van der Waals surface area contributed by atoms with Crippen LogP contribution >= 0.6 is 0 Å². The second-order valence-corrected chi connectivity index (χ2v) is 2.88. The lowest BCUT2D eigenvalue weighted by molar-refractivity contribution is 0.165. The van der Waals surface area contributed by atoms with Crippen LogP contribution in [0.5, 0.6) is 0 Å². The fourth-order valence-electron chi connectivity index (χ4n) is 1.11. The number of aliphatic hydroxyl groups excluding tert-OH is 1. The molecule has 0 aliphatic carbocycles. The van der Waals surface area contributed by atoms with Gasteiger partial charge in [0.05, 0.1) is 6.10 Å². The van der Waals surface area contributed by atoms with E-state index >= 15 is 0 Å². The fourth-order valence-corrected chi connectivity index (χ4v) is 1.11. The van der Waals surface area contributed by atoms with Gasteiger partial charge in [-0.25, -0.2) is 13.2 Å². The van der Waals surface area contributed by atoms with Gasteiger partial charge in [0.1, 0.15) is 5.82 Å². The highest BCUT2D eigenvalue weighted by Crippen LogP contribution is 2.22. The van der Waals surface area contributed by atoms with Crippen molar-refractivity contribution in [3.05, 3.63) is 35.1 Å². The van der Waals surface area contributed by atoms with E-state index in [2.05, 4.69) is 0 Å². The second kappa shape index (κ2) is 4.43. The van der Waals surface area contributed by atoms with Crippen LogP contribution in [0.2, 0.25) is 0 Å². The highest BCUT2D eigenvalue weighted by molar-refractivity contribution is 5.22. The number of hydrogen-bond donors (Lipinski definition) is 2. The Morgan fingerprint density at radius 3 is 2.29 bits per heavy atom. The van der Waals surface area contributed by atoms with E-state index in [4.69, 9.17) is 5.73 Å². The van der Waals surface area contributed by atoms with E-state index in [1.807, 2.05) is 0 Å². The molecule has 0 aromatic heterocycles. The molecule has 3 N–H and O–H groups in total. The molecule has 0 spiro atoms. The summed E-state index contributed by atoms with van der Waals surface area (Å²) in [7, 11) is 0. The maximum absolute atomic E-state index is 13.0. The third kappa shape index (κ3) is 2.24. The summed E-state index contributed by atoms with van der Waals surface area (Å²) in [5.74, 6) is -3.42. The highest BCUT2D eigenvalue weighted by atomic mass is 19.2. The molecule has 0 unspecified atom stereocenters. The molecule has 0 saturated heterocycles. The van der Waals surface area contributed by atoms with E-state index in [0.29, 0.717) is 12.1 Å². The Morgan fingerprint density at radius 2 is 1.71 bits per heavy atom. The van der Waals surface area contributed by atoms with E-state index in [-0.39, 0.29) is 18.5 Å². The van der Waals surface area contributed by atoms with Crippen molar-refractivity contribution >= 4 is 0 Å². The number of rotatable bonds is 3. The van der Waals surface area contributed by atoms with Crippen molar-refractivity contribution in [2.75, 3.05) is 6.54 Å². The Labute approximate surface area is 79.2 Å². The van der Waals surface area contributed by atoms with Gasteiger partial charge in [0.15, 0.2) is 11.6 Å². The molecule has 0 heterocycles. The van der Waals surface area contributed by atoms with E-state index in [1.54, 1.807) is 0 Å². The van der Waals surface area contributed by atoms with Crippen LogP contribution in [0, 0.1) is 17.5 Å². The molecule has 5 heteroatoms. The van der Waals surface area contributed by atoms with Gasteiger partial charge in [0.2, 0.25) is 0 Å². The fraction of sp³-hybridized carbons (Fsp3) is 0.333. The molecule has 0 bridgehead atoms. The van der Waals surface area contributed by atoms with Gasteiger partial charge in [-0.1, -0.05) is 0 Å². The molecule has 1 atom stereocenters. The van der Waals surface area contributed by atoms with Crippen molar-refractivity contribution < 1.29 is 18.3 Å². The average molecular weight is 205 g/mol. The zero-order valence-electron chi connectivity index (χ0n) is 7.30. The minimum Gasteiger partial charge on any atom is -0.388 e. The summed E-state index contributed by atoms with van der Waals surface area (Å²) in [6, 6.07) is 1.05. The molecule has 0 amide bonds. The van der Waals surface area contributed by atoms with Crippen molar-refractivity contribution in [1.82, 2.24) is 0 Å². The standard InChI is InChI=1S/C9H10F3NO/c10-6-4-8(12)7(11)3-5(6)9(14)1-2-13/h3-4,9,14H,1-2,13H2/t9-/m1/s1. The quantitative estimate of drug-likeness (QED) is 0.734. The first kappa shape index (κ1) is 11.0. The van der Waals surface area contributed by atoms with E-state index in [0.717, 1.165) is 0 Å². The van der Waals surface area contributed by atoms with Crippen LogP contribution in [0.3, 0.4) is 0 Å². The van der Waals surface area contributed by atoms with Crippen molar-refractivity contribution in [1.29, 1.82) is 0 Å². The largest absolute Gasteiger partial charge is 0.388 e. The van der Waals surface area contributed by atoms with Gasteiger partial charge in [-0.05, 0) is 19.0 Å². The zero-order valence-corrected chi connectivity index (χ0v) is 7.30. The van der Waals surface area contributed by atoms with Gasteiger partial charge < -0.3 is 10.8 Å². The SMILES string of the molecule is NCC[C@@H](O)c1cc(F)c(F)cc1F. The van der Waals surface area contributed by atoms with Gasteiger partial charge in [-0.15, -0.1) is 0 Å². The Kier molecular flexibility index (Phi) is 3.49. The average Bonchev–Trinajstić information content (AvgIpc) is 2.11. The van der Waals surface area contributed by atoms with Crippen LogP contribution in [0.4, 0.5) is 13.2 Å². The van der Waals surface area contributed by atoms with E-state index < -0.39 is 23.6 Å². The molecule has 0 fully saturated rings. The Hall–Kier alpha value is -1.07. The summed E-state index contributed by atoms with van der Waals surface area (Å²) in [5, 5.41) is 9.31. The highest BCUT2D eigenvalue weighted by Gasteiger charge is 2.15. The molecule has 0 aliphatic rings. The molecular formula is C9H10F3NO. The minimum atomic E-state index is -1.27. The Bertz CT molecular complexity index is 330. The third-order valence-electron chi connectivity index (χ3n) is 1.84. The normalized spacial score (nSPS) is 12.9. The molecule has 0 radical (unpaired) electrons. The number of benzene rings is 1. The van der Waals surface area contributed by atoms with Crippen LogP contribution in [0.1, 0.15) is 18.1 Å².